The lowest BCUT2D eigenvalue weighted by Crippen LogP contribution is -2.18. The van der Waals surface area contributed by atoms with Crippen molar-refractivity contribution >= 4 is 0 Å². The summed E-state index contributed by atoms with van der Waals surface area (Å²) in [7, 11) is 0. The molecule has 16 heavy (non-hydrogen) atoms. The number of rotatable bonds is 2. The van der Waals surface area contributed by atoms with E-state index < -0.39 is 0 Å². The molecule has 96 valence electrons. The molecule has 2 aliphatic rings. The van der Waals surface area contributed by atoms with Gasteiger partial charge in [0.15, 0.2) is 0 Å². The van der Waals surface area contributed by atoms with Crippen molar-refractivity contribution in [2.24, 2.45) is 17.3 Å². The normalized spacial score (nSPS) is 32.4. The molecule has 0 aromatic heterocycles. The minimum Gasteiger partial charge on any atom is -0.373 e. The van der Waals surface area contributed by atoms with E-state index in [9.17, 15) is 0 Å². The minimum atomic E-state index is 0.342. The second-order valence-corrected chi connectivity index (χ2v) is 6.75. The molecule has 0 bridgehead atoms. The predicted molar refractivity (Wildman–Crippen MR) is 67.5 cm³/mol. The first-order valence-corrected chi connectivity index (χ1v) is 6.50. The van der Waals surface area contributed by atoms with Gasteiger partial charge in [0.25, 0.3) is 0 Å². The first-order valence-electron chi connectivity index (χ1n) is 6.50. The van der Waals surface area contributed by atoms with Crippen molar-refractivity contribution in [1.82, 2.24) is 0 Å². The van der Waals surface area contributed by atoms with E-state index in [1.54, 1.807) is 0 Å². The van der Waals surface area contributed by atoms with Crippen LogP contribution in [0.1, 0.15) is 48.5 Å². The van der Waals surface area contributed by atoms with Gasteiger partial charge in [-0.25, -0.2) is 0 Å². The van der Waals surface area contributed by atoms with E-state index >= 15 is 0 Å². The van der Waals surface area contributed by atoms with Crippen molar-refractivity contribution in [3.05, 3.63) is 0 Å². The highest BCUT2D eigenvalue weighted by Gasteiger charge is 2.48. The zero-order valence-corrected chi connectivity index (χ0v) is 11.9. The van der Waals surface area contributed by atoms with Gasteiger partial charge in [0.2, 0.25) is 0 Å². The third-order valence-electron chi connectivity index (χ3n) is 3.14. The van der Waals surface area contributed by atoms with Crippen LogP contribution in [0.5, 0.6) is 0 Å². The molecule has 0 aromatic carbocycles. The maximum Gasteiger partial charge on any atom is 0.0892 e. The second kappa shape index (κ2) is 5.05. The zero-order chi connectivity index (χ0) is 12.5. The van der Waals surface area contributed by atoms with Gasteiger partial charge in [-0.3, -0.25) is 0 Å². The van der Waals surface area contributed by atoms with E-state index in [1.165, 1.54) is 0 Å². The summed E-state index contributed by atoms with van der Waals surface area (Å²) in [5.74, 6) is 1.43. The summed E-state index contributed by atoms with van der Waals surface area (Å²) < 4.78 is 10.5. The number of ether oxygens (including phenoxy) is 2. The summed E-state index contributed by atoms with van der Waals surface area (Å²) in [5, 5.41) is 0. The maximum absolute atomic E-state index is 5.54. The van der Waals surface area contributed by atoms with Crippen molar-refractivity contribution in [2.75, 3.05) is 6.61 Å². The lowest BCUT2D eigenvalue weighted by molar-refractivity contribution is 0.256. The largest absolute Gasteiger partial charge is 0.373 e. The van der Waals surface area contributed by atoms with Gasteiger partial charge >= 0.3 is 0 Å². The maximum atomic E-state index is 5.54. The van der Waals surface area contributed by atoms with Crippen molar-refractivity contribution in [3.63, 3.8) is 0 Å². The average molecular weight is 228 g/mol. The van der Waals surface area contributed by atoms with Gasteiger partial charge in [-0.2, -0.15) is 0 Å². The van der Waals surface area contributed by atoms with E-state index in [0.717, 1.165) is 12.5 Å². The molecule has 3 unspecified atom stereocenters. The molecule has 0 saturated carbocycles. The fraction of sp³-hybridized carbons (Fsp3) is 1.00. The molecule has 0 aromatic rings. The predicted octanol–water partition coefficient (Wildman–Crippen LogP) is 3.50. The zero-order valence-electron chi connectivity index (χ0n) is 11.9. The fourth-order valence-corrected chi connectivity index (χ4v) is 1.77. The lowest BCUT2D eigenvalue weighted by atomic mass is 9.87. The molecule has 2 heterocycles. The highest BCUT2D eigenvalue weighted by molar-refractivity contribution is 4.95. The third-order valence-corrected chi connectivity index (χ3v) is 3.14. The molecule has 0 spiro atoms. The topological polar surface area (TPSA) is 25.1 Å². The van der Waals surface area contributed by atoms with Gasteiger partial charge in [0, 0.05) is 0 Å². The van der Waals surface area contributed by atoms with E-state index in [4.69, 9.17) is 9.47 Å². The molecule has 3 atom stereocenters. The molecule has 2 nitrogen and oxygen atoms in total. The van der Waals surface area contributed by atoms with Crippen molar-refractivity contribution < 1.29 is 9.47 Å². The third kappa shape index (κ3) is 4.42. The molecule has 2 saturated heterocycles. The van der Waals surface area contributed by atoms with Gasteiger partial charge in [-0.15, -0.1) is 0 Å². The van der Waals surface area contributed by atoms with Crippen LogP contribution in [0.15, 0.2) is 0 Å². The van der Waals surface area contributed by atoms with Crippen LogP contribution in [-0.4, -0.2) is 24.9 Å². The second-order valence-electron chi connectivity index (χ2n) is 6.75. The van der Waals surface area contributed by atoms with Crippen LogP contribution < -0.4 is 0 Å². The summed E-state index contributed by atoms with van der Waals surface area (Å²) in [6.07, 6.45) is 1.64. The van der Waals surface area contributed by atoms with E-state index in [2.05, 4.69) is 48.5 Å². The molecular weight excluding hydrogens is 200 g/mol. The fourth-order valence-electron chi connectivity index (χ4n) is 1.77. The molecule has 2 rings (SSSR count). The van der Waals surface area contributed by atoms with Crippen LogP contribution in [0.4, 0.5) is 0 Å². The smallest absolute Gasteiger partial charge is 0.0892 e. The van der Waals surface area contributed by atoms with Crippen LogP contribution in [0.2, 0.25) is 0 Å². The lowest BCUT2D eigenvalue weighted by Gasteiger charge is -2.14. The summed E-state index contributed by atoms with van der Waals surface area (Å²) in [5.41, 5.74) is 0.342. The quantitative estimate of drug-likeness (QED) is 0.676. The van der Waals surface area contributed by atoms with Crippen LogP contribution in [0, 0.1) is 17.3 Å². The van der Waals surface area contributed by atoms with E-state index in [0.29, 0.717) is 29.6 Å². The summed E-state index contributed by atoms with van der Waals surface area (Å²) >= 11 is 0. The summed E-state index contributed by atoms with van der Waals surface area (Å²) in [6.45, 7) is 16.5. The molecule has 0 radical (unpaired) electrons. The average Bonchev–Trinajstić information content (AvgIpc) is 2.99. The van der Waals surface area contributed by atoms with Crippen LogP contribution in [0.3, 0.4) is 0 Å². The Morgan fingerprint density at radius 1 is 1.00 bits per heavy atom. The molecule has 0 amide bonds. The Labute approximate surface area is 101 Å². The Kier molecular flexibility index (Phi) is 4.42. The number of hydrogen-bond donors (Lipinski definition) is 0. The molecule has 2 fully saturated rings. The molecule has 2 heteroatoms. The summed E-state index contributed by atoms with van der Waals surface area (Å²) in [4.78, 5) is 0. The highest BCUT2D eigenvalue weighted by Crippen LogP contribution is 2.41. The van der Waals surface area contributed by atoms with Crippen LogP contribution >= 0.6 is 0 Å². The van der Waals surface area contributed by atoms with E-state index in [-0.39, 0.29) is 0 Å². The van der Waals surface area contributed by atoms with Crippen LogP contribution in [-0.2, 0) is 9.47 Å². The Bertz CT molecular complexity index is 211. The Hall–Kier alpha value is -0.0800. The van der Waals surface area contributed by atoms with Gasteiger partial charge in [0.05, 0.1) is 24.9 Å². The summed E-state index contributed by atoms with van der Waals surface area (Å²) in [6, 6.07) is 0. The van der Waals surface area contributed by atoms with Crippen LogP contribution in [0.25, 0.3) is 0 Å². The van der Waals surface area contributed by atoms with Crippen molar-refractivity contribution in [2.45, 2.75) is 66.8 Å². The highest BCUT2D eigenvalue weighted by atomic mass is 16.6. The molecule has 0 N–H and O–H groups in total. The van der Waals surface area contributed by atoms with E-state index in [1.807, 2.05) is 0 Å². The number of hydrogen-bond acceptors (Lipinski definition) is 2. The SMILES string of the molecule is CC(C)C1CO1.CC(C)C1OC1C(C)(C)C. The van der Waals surface area contributed by atoms with Gasteiger partial charge in [0.1, 0.15) is 0 Å². The Morgan fingerprint density at radius 2 is 1.50 bits per heavy atom. The Morgan fingerprint density at radius 3 is 1.56 bits per heavy atom. The molecule has 0 aliphatic carbocycles. The minimum absolute atomic E-state index is 0.342. The van der Waals surface area contributed by atoms with Gasteiger partial charge in [-0.05, 0) is 17.3 Å². The van der Waals surface area contributed by atoms with Crippen molar-refractivity contribution in [1.29, 1.82) is 0 Å². The van der Waals surface area contributed by atoms with Crippen molar-refractivity contribution in [3.8, 4) is 0 Å². The first kappa shape index (κ1) is 14.0. The van der Waals surface area contributed by atoms with Gasteiger partial charge in [-0.1, -0.05) is 48.5 Å². The first-order chi connectivity index (χ1) is 7.23. The van der Waals surface area contributed by atoms with Gasteiger partial charge < -0.3 is 9.47 Å². The molecule has 2 aliphatic heterocycles. The number of epoxide rings is 2. The monoisotopic (exact) mass is 228 g/mol. The standard InChI is InChI=1S/C9H18O.C5H10O/c1-6(2)7-8(10-7)9(3,4)5;1-4(2)5-3-6-5/h6-8H,1-5H3;4-5H,3H2,1-2H3. The Balaban J connectivity index is 0.000000181. The molecular formula is C14H28O2.